The number of sulfonamides is 1. The Morgan fingerprint density at radius 2 is 1.90 bits per heavy atom. The van der Waals surface area contributed by atoms with Gasteiger partial charge in [-0.25, -0.2) is 18.1 Å². The van der Waals surface area contributed by atoms with Gasteiger partial charge in [0.25, 0.3) is 10.0 Å². The molecular weight excluding hydrogens is 274 g/mol. The molecule has 0 aliphatic heterocycles. The summed E-state index contributed by atoms with van der Waals surface area (Å²) in [6.07, 6.45) is 8.06. The molecule has 0 radical (unpaired) electrons. The summed E-state index contributed by atoms with van der Waals surface area (Å²) in [5.74, 6) is 2.01. The lowest BCUT2D eigenvalue weighted by molar-refractivity contribution is 0.270. The van der Waals surface area contributed by atoms with E-state index in [0.29, 0.717) is 24.7 Å². The number of aromatic amines is 1. The minimum Gasteiger partial charge on any atom is -0.332 e. The van der Waals surface area contributed by atoms with Gasteiger partial charge in [-0.3, -0.25) is 0 Å². The summed E-state index contributed by atoms with van der Waals surface area (Å²) in [4.78, 5) is 6.89. The van der Waals surface area contributed by atoms with E-state index >= 15 is 0 Å². The summed E-state index contributed by atoms with van der Waals surface area (Å²) >= 11 is 0. The van der Waals surface area contributed by atoms with Gasteiger partial charge in [-0.2, -0.15) is 0 Å². The Balaban J connectivity index is 1.87. The average molecular weight is 299 g/mol. The molecule has 0 unspecified atom stereocenters. The van der Waals surface area contributed by atoms with Crippen molar-refractivity contribution in [2.45, 2.75) is 57.4 Å². The fourth-order valence-electron chi connectivity index (χ4n) is 2.81. The fourth-order valence-corrected chi connectivity index (χ4v) is 3.86. The third-order valence-electron chi connectivity index (χ3n) is 4.34. The number of rotatable bonds is 6. The maximum Gasteiger partial charge on any atom is 0.257 e. The third-order valence-corrected chi connectivity index (χ3v) is 5.67. The zero-order valence-electron chi connectivity index (χ0n) is 12.4. The van der Waals surface area contributed by atoms with E-state index < -0.39 is 10.0 Å². The predicted octanol–water partition coefficient (Wildman–Crippen LogP) is 2.47. The number of nitrogens with one attached hydrogen (secondary N) is 2. The van der Waals surface area contributed by atoms with Gasteiger partial charge in [0.2, 0.25) is 0 Å². The molecule has 114 valence electrons. The smallest absolute Gasteiger partial charge is 0.257 e. The lowest BCUT2D eigenvalue weighted by atomic mass is 9.81. The lowest BCUT2D eigenvalue weighted by Crippen LogP contribution is -2.31. The van der Waals surface area contributed by atoms with E-state index in [9.17, 15) is 8.42 Å². The van der Waals surface area contributed by atoms with Gasteiger partial charge in [0.05, 0.1) is 6.20 Å². The van der Waals surface area contributed by atoms with Crippen molar-refractivity contribution in [3.05, 3.63) is 12.0 Å². The molecule has 1 saturated carbocycles. The van der Waals surface area contributed by atoms with Gasteiger partial charge >= 0.3 is 0 Å². The first-order chi connectivity index (χ1) is 9.55. The summed E-state index contributed by atoms with van der Waals surface area (Å²) in [6.45, 7) is 4.71. The third kappa shape index (κ3) is 3.82. The minimum atomic E-state index is -3.44. The van der Waals surface area contributed by atoms with Crippen molar-refractivity contribution in [1.82, 2.24) is 14.7 Å². The average Bonchev–Trinajstić information content (AvgIpc) is 2.95. The molecule has 20 heavy (non-hydrogen) atoms. The maximum atomic E-state index is 12.1. The molecule has 6 heteroatoms. The molecule has 0 amide bonds. The standard InChI is InChI=1S/C14H25N3O2S/c1-3-11-5-7-12(8-6-11)9-16-20(18,19)14-10-15-13(4-2)17-14/h10-12,16H,3-9H2,1-2H3,(H,15,17). The predicted molar refractivity (Wildman–Crippen MR) is 78.9 cm³/mol. The number of H-pyrrole nitrogens is 1. The number of nitrogens with zero attached hydrogens (tertiary/aromatic N) is 1. The highest BCUT2D eigenvalue weighted by molar-refractivity contribution is 7.89. The normalized spacial score (nSPS) is 23.9. The topological polar surface area (TPSA) is 74.8 Å². The van der Waals surface area contributed by atoms with Crippen LogP contribution in [0.2, 0.25) is 0 Å². The SMILES string of the molecule is CCc1ncc(S(=O)(=O)NCC2CCC(CC)CC2)[nH]1. The molecule has 2 N–H and O–H groups in total. The molecule has 1 aliphatic rings. The Hall–Kier alpha value is -0.880. The molecule has 1 fully saturated rings. The lowest BCUT2D eigenvalue weighted by Gasteiger charge is -2.27. The van der Waals surface area contributed by atoms with Crippen LogP contribution in [0.5, 0.6) is 0 Å². The van der Waals surface area contributed by atoms with Gasteiger partial charge in [0.15, 0.2) is 5.03 Å². The number of aromatic nitrogens is 2. The molecule has 5 nitrogen and oxygen atoms in total. The van der Waals surface area contributed by atoms with Gasteiger partial charge in [0, 0.05) is 13.0 Å². The summed E-state index contributed by atoms with van der Waals surface area (Å²) in [7, 11) is -3.44. The molecule has 1 aliphatic carbocycles. The second kappa shape index (κ2) is 6.72. The largest absolute Gasteiger partial charge is 0.332 e. The second-order valence-corrected chi connectivity index (χ2v) is 7.43. The molecule has 0 spiro atoms. The van der Waals surface area contributed by atoms with Crippen LogP contribution in [-0.4, -0.2) is 24.9 Å². The Morgan fingerprint density at radius 1 is 1.25 bits per heavy atom. The fraction of sp³-hybridized carbons (Fsp3) is 0.786. The van der Waals surface area contributed by atoms with Crippen LogP contribution in [0.15, 0.2) is 11.2 Å². The van der Waals surface area contributed by atoms with Crippen molar-refractivity contribution in [1.29, 1.82) is 0 Å². The Bertz CT molecular complexity index is 516. The van der Waals surface area contributed by atoms with Gasteiger partial charge in [-0.1, -0.05) is 33.1 Å². The van der Waals surface area contributed by atoms with Crippen molar-refractivity contribution in [2.75, 3.05) is 6.54 Å². The van der Waals surface area contributed by atoms with Gasteiger partial charge in [0.1, 0.15) is 5.82 Å². The molecule has 1 heterocycles. The van der Waals surface area contributed by atoms with Crippen LogP contribution in [0.25, 0.3) is 0 Å². The minimum absolute atomic E-state index is 0.177. The van der Waals surface area contributed by atoms with Crippen LogP contribution in [0.3, 0.4) is 0 Å². The monoisotopic (exact) mass is 299 g/mol. The van der Waals surface area contributed by atoms with E-state index in [2.05, 4.69) is 21.6 Å². The van der Waals surface area contributed by atoms with Crippen molar-refractivity contribution >= 4 is 10.0 Å². The zero-order valence-corrected chi connectivity index (χ0v) is 13.2. The number of aryl methyl sites for hydroxylation is 1. The summed E-state index contributed by atoms with van der Waals surface area (Å²) in [5.41, 5.74) is 0. The highest BCUT2D eigenvalue weighted by atomic mass is 32.2. The molecule has 2 rings (SSSR count). The van der Waals surface area contributed by atoms with E-state index in [1.165, 1.54) is 25.5 Å². The Kier molecular flexibility index (Phi) is 5.21. The highest BCUT2D eigenvalue weighted by Gasteiger charge is 2.23. The molecular formula is C14H25N3O2S. The number of hydrogen-bond donors (Lipinski definition) is 2. The first-order valence-electron chi connectivity index (χ1n) is 7.58. The molecule has 1 aromatic heterocycles. The van der Waals surface area contributed by atoms with Crippen LogP contribution in [0, 0.1) is 11.8 Å². The van der Waals surface area contributed by atoms with Gasteiger partial charge in [-0.05, 0) is 24.7 Å². The number of hydrogen-bond acceptors (Lipinski definition) is 3. The summed E-state index contributed by atoms with van der Waals surface area (Å²) < 4.78 is 27.0. The van der Waals surface area contributed by atoms with Crippen molar-refractivity contribution in [3.8, 4) is 0 Å². The van der Waals surface area contributed by atoms with E-state index in [1.54, 1.807) is 0 Å². The first-order valence-corrected chi connectivity index (χ1v) is 9.07. The van der Waals surface area contributed by atoms with Crippen LogP contribution < -0.4 is 4.72 Å². The Labute approximate surface area is 121 Å². The van der Waals surface area contributed by atoms with Gasteiger partial charge in [-0.15, -0.1) is 0 Å². The molecule has 0 saturated heterocycles. The molecule has 0 bridgehead atoms. The van der Waals surface area contributed by atoms with Crippen LogP contribution in [0.1, 0.15) is 51.8 Å². The zero-order chi connectivity index (χ0) is 14.6. The maximum absolute atomic E-state index is 12.1. The van der Waals surface area contributed by atoms with E-state index in [-0.39, 0.29) is 5.03 Å². The van der Waals surface area contributed by atoms with Crippen LogP contribution in [0.4, 0.5) is 0 Å². The highest BCUT2D eigenvalue weighted by Crippen LogP contribution is 2.30. The second-order valence-electron chi connectivity index (χ2n) is 5.69. The van der Waals surface area contributed by atoms with Crippen molar-refractivity contribution in [2.24, 2.45) is 11.8 Å². The van der Waals surface area contributed by atoms with Crippen LogP contribution in [-0.2, 0) is 16.4 Å². The number of imidazole rings is 1. The molecule has 0 atom stereocenters. The Morgan fingerprint density at radius 3 is 2.45 bits per heavy atom. The van der Waals surface area contributed by atoms with E-state index in [1.807, 2.05) is 6.92 Å². The van der Waals surface area contributed by atoms with Gasteiger partial charge < -0.3 is 4.98 Å². The van der Waals surface area contributed by atoms with E-state index in [4.69, 9.17) is 0 Å². The van der Waals surface area contributed by atoms with Crippen molar-refractivity contribution in [3.63, 3.8) is 0 Å². The van der Waals surface area contributed by atoms with Crippen molar-refractivity contribution < 1.29 is 8.42 Å². The van der Waals surface area contributed by atoms with Crippen LogP contribution >= 0.6 is 0 Å². The first kappa shape index (κ1) is 15.5. The quantitative estimate of drug-likeness (QED) is 0.847. The molecule has 0 aromatic carbocycles. The summed E-state index contributed by atoms with van der Waals surface area (Å²) in [6, 6.07) is 0. The summed E-state index contributed by atoms with van der Waals surface area (Å²) in [5, 5.41) is 0.177. The van der Waals surface area contributed by atoms with E-state index in [0.717, 1.165) is 18.8 Å². The molecule has 1 aromatic rings.